The van der Waals surface area contributed by atoms with Crippen molar-refractivity contribution in [3.05, 3.63) is 47.2 Å². The van der Waals surface area contributed by atoms with Gasteiger partial charge in [-0.15, -0.1) is 0 Å². The van der Waals surface area contributed by atoms with Gasteiger partial charge in [0.25, 0.3) is 0 Å². The topological polar surface area (TPSA) is 75.2 Å². The first-order chi connectivity index (χ1) is 14.6. The van der Waals surface area contributed by atoms with Gasteiger partial charge in [0.15, 0.2) is 0 Å². The second kappa shape index (κ2) is 10.4. The molecule has 0 bridgehead atoms. The molecule has 1 aromatic heterocycles. The number of imide groups is 1. The van der Waals surface area contributed by atoms with E-state index in [0.29, 0.717) is 18.8 Å². The molecule has 1 aromatic rings. The number of aryl methyl sites for hydroxylation is 1. The van der Waals surface area contributed by atoms with Gasteiger partial charge in [-0.25, -0.2) is 0 Å². The number of piperidine rings is 2. The lowest BCUT2D eigenvalue weighted by atomic mass is 9.87. The van der Waals surface area contributed by atoms with Crippen LogP contribution in [0.1, 0.15) is 56.7 Å². The number of nitrogens with zero attached hydrogens (tertiary/aromatic N) is 1. The summed E-state index contributed by atoms with van der Waals surface area (Å²) in [4.78, 5) is 24.1. The van der Waals surface area contributed by atoms with Crippen LogP contribution in [0, 0.1) is 12.8 Å². The standard InChI is InChI=1S/C22H28N4O2.C2H6/c1-15-5-3-2-4-12-26(19-6-7-20(27)25-22(19)28)21-18(15)13-17(14-24-21)16-8-10-23-11-9-16;1-2/h2-5,12-13,16,19,23-24H,6-11,14H2,1H3,(H,25,27,28);1-2H3. The maximum absolute atomic E-state index is 12.5. The second-order valence-corrected chi connectivity index (χ2v) is 7.81. The van der Waals surface area contributed by atoms with Gasteiger partial charge in [-0.3, -0.25) is 14.9 Å². The number of carbonyl (C=O) groups is 2. The molecule has 3 aliphatic rings. The molecule has 0 aromatic carbocycles. The summed E-state index contributed by atoms with van der Waals surface area (Å²) in [5.41, 5.74) is 3.72. The zero-order valence-electron chi connectivity index (χ0n) is 18.3. The van der Waals surface area contributed by atoms with Crippen molar-refractivity contribution in [3.63, 3.8) is 0 Å². The number of nitrogens with one attached hydrogen (secondary N) is 3. The van der Waals surface area contributed by atoms with Crippen molar-refractivity contribution in [2.75, 3.05) is 25.0 Å². The lowest BCUT2D eigenvalue weighted by Crippen LogP contribution is -2.42. The number of aromatic nitrogens is 1. The summed E-state index contributed by atoms with van der Waals surface area (Å²) in [6, 6.07) is 7.66. The SMILES string of the molecule is CC.Cc1cccccn(C2CCC(=O)NC2=O)c2c1C=C(C1CCNCC1)CN2. The van der Waals surface area contributed by atoms with Crippen LogP contribution >= 0.6 is 0 Å². The van der Waals surface area contributed by atoms with Crippen LogP contribution in [0.15, 0.2) is 36.0 Å². The van der Waals surface area contributed by atoms with Crippen LogP contribution in [-0.4, -0.2) is 36.0 Å². The quantitative estimate of drug-likeness (QED) is 0.650. The molecule has 30 heavy (non-hydrogen) atoms. The van der Waals surface area contributed by atoms with Crippen LogP contribution in [0.2, 0.25) is 0 Å². The van der Waals surface area contributed by atoms with Gasteiger partial charge in [-0.05, 0) is 68.5 Å². The van der Waals surface area contributed by atoms with Gasteiger partial charge in [0.1, 0.15) is 11.9 Å². The Morgan fingerprint density at radius 3 is 2.53 bits per heavy atom. The predicted octanol–water partition coefficient (Wildman–Crippen LogP) is 3.73. The predicted molar refractivity (Wildman–Crippen MR) is 122 cm³/mol. The number of hydrogen-bond donors (Lipinski definition) is 3. The third-order valence-electron chi connectivity index (χ3n) is 5.95. The molecule has 3 N–H and O–H groups in total. The Bertz CT molecular complexity index is 864. The minimum Gasteiger partial charge on any atom is -0.367 e. The van der Waals surface area contributed by atoms with Crippen LogP contribution in [0.25, 0.3) is 6.08 Å². The van der Waals surface area contributed by atoms with Gasteiger partial charge in [-0.1, -0.05) is 32.0 Å². The average molecular weight is 411 g/mol. The highest BCUT2D eigenvalue weighted by molar-refractivity contribution is 5.99. The molecule has 2 fully saturated rings. The van der Waals surface area contributed by atoms with Gasteiger partial charge < -0.3 is 15.2 Å². The largest absolute Gasteiger partial charge is 0.367 e. The first-order valence-corrected chi connectivity index (χ1v) is 11.2. The van der Waals surface area contributed by atoms with E-state index in [2.05, 4.69) is 35.0 Å². The van der Waals surface area contributed by atoms with Crippen molar-refractivity contribution in [1.29, 1.82) is 0 Å². The Hall–Kier alpha value is -2.60. The summed E-state index contributed by atoms with van der Waals surface area (Å²) in [5, 5.41) is 9.53. The van der Waals surface area contributed by atoms with Crippen molar-refractivity contribution >= 4 is 23.7 Å². The molecule has 3 aliphatic heterocycles. The van der Waals surface area contributed by atoms with E-state index in [1.165, 1.54) is 5.57 Å². The van der Waals surface area contributed by atoms with Crippen molar-refractivity contribution in [2.45, 2.75) is 52.5 Å². The molecule has 2 amide bonds. The van der Waals surface area contributed by atoms with E-state index in [9.17, 15) is 9.59 Å². The second-order valence-electron chi connectivity index (χ2n) is 7.81. The highest BCUT2D eigenvalue weighted by atomic mass is 16.2. The Labute approximate surface area is 179 Å². The number of hydrogen-bond acceptors (Lipinski definition) is 4. The maximum atomic E-state index is 12.5. The molecular weight excluding hydrogens is 376 g/mol. The van der Waals surface area contributed by atoms with Crippen molar-refractivity contribution in [1.82, 2.24) is 15.2 Å². The minimum atomic E-state index is -0.389. The van der Waals surface area contributed by atoms with E-state index < -0.39 is 0 Å². The summed E-state index contributed by atoms with van der Waals surface area (Å²) < 4.78 is 2.00. The minimum absolute atomic E-state index is 0.190. The Kier molecular flexibility index (Phi) is 7.69. The average Bonchev–Trinajstić information content (AvgIpc) is 2.85. The molecule has 4 heterocycles. The normalized spacial score (nSPS) is 21.2. The third-order valence-corrected chi connectivity index (χ3v) is 5.95. The Balaban J connectivity index is 0.00000124. The Morgan fingerprint density at radius 1 is 1.03 bits per heavy atom. The number of anilines is 1. The fourth-order valence-corrected chi connectivity index (χ4v) is 4.35. The van der Waals surface area contributed by atoms with Gasteiger partial charge in [0.05, 0.1) is 0 Å². The van der Waals surface area contributed by atoms with Crippen molar-refractivity contribution in [3.8, 4) is 0 Å². The monoisotopic (exact) mass is 410 g/mol. The molecule has 2 saturated heterocycles. The van der Waals surface area contributed by atoms with E-state index in [0.717, 1.165) is 49.4 Å². The number of rotatable bonds is 2. The molecule has 1 unspecified atom stereocenters. The van der Waals surface area contributed by atoms with Crippen LogP contribution < -0.4 is 16.0 Å². The van der Waals surface area contributed by atoms with Gasteiger partial charge in [0, 0.05) is 24.7 Å². The van der Waals surface area contributed by atoms with E-state index in [1.807, 2.05) is 42.8 Å². The molecule has 1 atom stereocenters. The fraction of sp³-hybridized carbons (Fsp3) is 0.500. The lowest BCUT2D eigenvalue weighted by molar-refractivity contribution is -0.135. The molecule has 6 nitrogen and oxygen atoms in total. The van der Waals surface area contributed by atoms with Crippen LogP contribution in [0.3, 0.4) is 0 Å². The summed E-state index contributed by atoms with van der Waals surface area (Å²) >= 11 is 0. The van der Waals surface area contributed by atoms with Crippen LogP contribution in [0.4, 0.5) is 5.82 Å². The maximum Gasteiger partial charge on any atom is 0.249 e. The van der Waals surface area contributed by atoms with Crippen molar-refractivity contribution in [2.24, 2.45) is 5.92 Å². The number of amides is 2. The van der Waals surface area contributed by atoms with Crippen LogP contribution in [-0.2, 0) is 9.59 Å². The third kappa shape index (κ3) is 4.93. The first-order valence-electron chi connectivity index (χ1n) is 11.2. The van der Waals surface area contributed by atoms with E-state index in [-0.39, 0.29) is 17.9 Å². The van der Waals surface area contributed by atoms with Crippen molar-refractivity contribution < 1.29 is 9.59 Å². The number of carbonyl (C=O) groups excluding carboxylic acids is 2. The van der Waals surface area contributed by atoms with Gasteiger partial charge in [0.2, 0.25) is 11.8 Å². The van der Waals surface area contributed by atoms with Crippen LogP contribution in [0.5, 0.6) is 0 Å². The molecule has 0 saturated carbocycles. The molecule has 0 aliphatic carbocycles. The van der Waals surface area contributed by atoms with E-state index >= 15 is 0 Å². The molecular formula is C24H34N4O2. The molecule has 0 spiro atoms. The lowest BCUT2D eigenvalue weighted by Gasteiger charge is -2.32. The molecule has 6 heteroatoms. The van der Waals surface area contributed by atoms with E-state index in [1.54, 1.807) is 0 Å². The highest BCUT2D eigenvalue weighted by Gasteiger charge is 2.30. The van der Waals surface area contributed by atoms with E-state index in [4.69, 9.17) is 0 Å². The summed E-state index contributed by atoms with van der Waals surface area (Å²) in [6.07, 6.45) is 7.47. The molecule has 4 rings (SSSR count). The zero-order chi connectivity index (χ0) is 21.5. The first kappa shape index (κ1) is 22.1. The van der Waals surface area contributed by atoms with Gasteiger partial charge in [-0.2, -0.15) is 0 Å². The fourth-order valence-electron chi connectivity index (χ4n) is 4.35. The summed E-state index contributed by atoms with van der Waals surface area (Å²) in [7, 11) is 0. The van der Waals surface area contributed by atoms with Gasteiger partial charge >= 0.3 is 0 Å². The summed E-state index contributed by atoms with van der Waals surface area (Å²) in [6.45, 7) is 9.03. The zero-order valence-corrected chi connectivity index (χ0v) is 18.3. The highest BCUT2D eigenvalue weighted by Crippen LogP contribution is 2.33. The smallest absolute Gasteiger partial charge is 0.249 e. The molecule has 162 valence electrons. The summed E-state index contributed by atoms with van der Waals surface area (Å²) in [5.74, 6) is 1.12. The Morgan fingerprint density at radius 2 is 1.80 bits per heavy atom. The molecule has 0 radical (unpaired) electrons. The number of fused-ring (bicyclic) bond motifs is 1.